The second-order valence-electron chi connectivity index (χ2n) is 3.20. The fourth-order valence-corrected chi connectivity index (χ4v) is 1.15. The van der Waals surface area contributed by atoms with Crippen LogP contribution >= 0.6 is 0 Å². The summed E-state index contributed by atoms with van der Waals surface area (Å²) in [6.07, 6.45) is 1.14. The Balaban J connectivity index is 2.52. The van der Waals surface area contributed by atoms with Gasteiger partial charge in [0.2, 0.25) is 5.91 Å². The number of nitrogens with one attached hydrogen (secondary N) is 1. The van der Waals surface area contributed by atoms with Gasteiger partial charge >= 0.3 is 0 Å². The number of rotatable bonds is 5. The highest BCUT2D eigenvalue weighted by Gasteiger charge is 2.01. The molecular weight excluding hydrogens is 194 g/mol. The lowest BCUT2D eigenvalue weighted by molar-refractivity contribution is -0.128. The van der Waals surface area contributed by atoms with E-state index in [2.05, 4.69) is 0 Å². The zero-order chi connectivity index (χ0) is 11.1. The third-order valence-corrected chi connectivity index (χ3v) is 1.89. The summed E-state index contributed by atoms with van der Waals surface area (Å²) in [7, 11) is 0. The van der Waals surface area contributed by atoms with E-state index in [1.54, 1.807) is 17.6 Å². The second-order valence-corrected chi connectivity index (χ2v) is 3.20. The van der Waals surface area contributed by atoms with E-state index < -0.39 is 5.91 Å². The minimum absolute atomic E-state index is 0.171. The lowest BCUT2D eigenvalue weighted by Gasteiger charge is -2.05. The van der Waals surface area contributed by atoms with Gasteiger partial charge in [-0.2, -0.15) is 0 Å². The Kier molecular flexibility index (Phi) is 4.63. The quantitative estimate of drug-likeness (QED) is 0.571. The molecule has 0 aliphatic carbocycles. The molecule has 1 rings (SSSR count). The van der Waals surface area contributed by atoms with E-state index >= 15 is 0 Å². The van der Waals surface area contributed by atoms with Crippen LogP contribution in [0, 0.1) is 0 Å². The number of hydrogen-bond donors (Lipinski definition) is 2. The largest absolute Gasteiger partial charge is 0.494 e. The topological polar surface area (TPSA) is 58.6 Å². The highest BCUT2D eigenvalue weighted by atomic mass is 16.5. The molecule has 0 atom stereocenters. The zero-order valence-corrected chi connectivity index (χ0v) is 8.69. The highest BCUT2D eigenvalue weighted by molar-refractivity contribution is 5.77. The highest BCUT2D eigenvalue weighted by Crippen LogP contribution is 2.12. The van der Waals surface area contributed by atoms with Crippen LogP contribution in [0.5, 0.6) is 5.75 Å². The monoisotopic (exact) mass is 209 g/mol. The van der Waals surface area contributed by atoms with Crippen molar-refractivity contribution in [3.63, 3.8) is 0 Å². The lowest BCUT2D eigenvalue weighted by Crippen LogP contribution is -2.20. The number of benzene rings is 1. The molecule has 0 aromatic heterocycles. The van der Waals surface area contributed by atoms with Crippen molar-refractivity contribution in [2.75, 3.05) is 6.61 Å². The summed E-state index contributed by atoms with van der Waals surface area (Å²) in [5.41, 5.74) is 2.43. The number of amides is 1. The molecule has 15 heavy (non-hydrogen) atoms. The van der Waals surface area contributed by atoms with E-state index in [4.69, 9.17) is 9.94 Å². The summed E-state index contributed by atoms with van der Waals surface area (Å²) in [6.45, 7) is 2.73. The summed E-state index contributed by atoms with van der Waals surface area (Å²) in [5.74, 6) is 0.377. The summed E-state index contributed by atoms with van der Waals surface area (Å²) in [4.78, 5) is 10.8. The van der Waals surface area contributed by atoms with Gasteiger partial charge in [-0.05, 0) is 24.1 Å². The number of ether oxygens (including phenoxy) is 1. The Morgan fingerprint density at radius 2 is 2.07 bits per heavy atom. The first-order valence-electron chi connectivity index (χ1n) is 4.91. The molecule has 1 aromatic carbocycles. The van der Waals surface area contributed by atoms with Crippen molar-refractivity contribution in [3.05, 3.63) is 29.8 Å². The molecule has 1 aromatic rings. The van der Waals surface area contributed by atoms with E-state index in [9.17, 15) is 4.79 Å². The van der Waals surface area contributed by atoms with Gasteiger partial charge in [0, 0.05) is 0 Å². The Labute approximate surface area is 88.8 Å². The number of hydroxylamine groups is 1. The van der Waals surface area contributed by atoms with Crippen molar-refractivity contribution in [1.29, 1.82) is 0 Å². The molecule has 1 amide bonds. The Hall–Kier alpha value is -1.55. The molecule has 0 heterocycles. The lowest BCUT2D eigenvalue weighted by atomic mass is 10.1. The van der Waals surface area contributed by atoms with Gasteiger partial charge in [0.05, 0.1) is 13.0 Å². The molecule has 0 saturated carbocycles. The smallest absolute Gasteiger partial charge is 0.247 e. The Bertz CT molecular complexity index is 308. The van der Waals surface area contributed by atoms with Crippen LogP contribution in [0.1, 0.15) is 18.9 Å². The summed E-state index contributed by atoms with van der Waals surface area (Å²) >= 11 is 0. The fraction of sp³-hybridized carbons (Fsp3) is 0.364. The maximum Gasteiger partial charge on any atom is 0.247 e. The van der Waals surface area contributed by atoms with Crippen LogP contribution < -0.4 is 10.2 Å². The van der Waals surface area contributed by atoms with Crippen LogP contribution in [0.25, 0.3) is 0 Å². The van der Waals surface area contributed by atoms with Crippen LogP contribution in [0.15, 0.2) is 24.3 Å². The van der Waals surface area contributed by atoms with Crippen LogP contribution in [0.4, 0.5) is 0 Å². The number of hydrogen-bond acceptors (Lipinski definition) is 3. The minimum Gasteiger partial charge on any atom is -0.494 e. The predicted octanol–water partition coefficient (Wildman–Crippen LogP) is 1.52. The van der Waals surface area contributed by atoms with Gasteiger partial charge in [0.1, 0.15) is 5.75 Å². The molecule has 0 spiro atoms. The van der Waals surface area contributed by atoms with E-state index in [0.29, 0.717) is 6.61 Å². The molecule has 2 N–H and O–H groups in total. The molecule has 0 radical (unpaired) electrons. The summed E-state index contributed by atoms with van der Waals surface area (Å²) < 4.78 is 5.39. The molecule has 82 valence electrons. The average molecular weight is 209 g/mol. The maximum atomic E-state index is 10.8. The van der Waals surface area contributed by atoms with Gasteiger partial charge in [-0.1, -0.05) is 19.1 Å². The van der Waals surface area contributed by atoms with Crippen molar-refractivity contribution in [2.45, 2.75) is 19.8 Å². The number of carbonyl (C=O) groups is 1. The molecule has 0 saturated heterocycles. The van der Waals surface area contributed by atoms with Gasteiger partial charge in [-0.3, -0.25) is 10.0 Å². The van der Waals surface area contributed by atoms with Crippen molar-refractivity contribution in [2.24, 2.45) is 0 Å². The molecule has 0 aliphatic heterocycles. The van der Waals surface area contributed by atoms with Crippen LogP contribution in [-0.2, 0) is 11.2 Å². The van der Waals surface area contributed by atoms with Crippen molar-refractivity contribution in [1.82, 2.24) is 5.48 Å². The van der Waals surface area contributed by atoms with E-state index in [1.807, 2.05) is 19.1 Å². The molecule has 4 nitrogen and oxygen atoms in total. The standard InChI is InChI=1S/C11H15NO3/c1-2-7-15-10-5-3-9(4-6-10)8-11(13)12-14/h3-6,14H,2,7-8H2,1H3,(H,12,13). The summed E-state index contributed by atoms with van der Waals surface area (Å²) in [5, 5.41) is 8.34. The zero-order valence-electron chi connectivity index (χ0n) is 8.69. The van der Waals surface area contributed by atoms with Crippen LogP contribution in [-0.4, -0.2) is 17.7 Å². The number of carbonyl (C=O) groups excluding carboxylic acids is 1. The fourth-order valence-electron chi connectivity index (χ4n) is 1.15. The van der Waals surface area contributed by atoms with Crippen molar-refractivity contribution >= 4 is 5.91 Å². The van der Waals surface area contributed by atoms with E-state index in [0.717, 1.165) is 17.7 Å². The summed E-state index contributed by atoms with van der Waals surface area (Å²) in [6, 6.07) is 7.24. The SMILES string of the molecule is CCCOc1ccc(CC(=O)NO)cc1. The molecular formula is C11H15NO3. The predicted molar refractivity (Wildman–Crippen MR) is 55.9 cm³/mol. The van der Waals surface area contributed by atoms with Gasteiger partial charge in [0.25, 0.3) is 0 Å². The molecule has 0 fully saturated rings. The van der Waals surface area contributed by atoms with Gasteiger partial charge < -0.3 is 4.74 Å². The van der Waals surface area contributed by atoms with E-state index in [1.165, 1.54) is 0 Å². The average Bonchev–Trinajstić information content (AvgIpc) is 2.28. The van der Waals surface area contributed by atoms with Crippen LogP contribution in [0.2, 0.25) is 0 Å². The van der Waals surface area contributed by atoms with Gasteiger partial charge in [0.15, 0.2) is 0 Å². The third kappa shape index (κ3) is 3.99. The molecule has 0 unspecified atom stereocenters. The first-order valence-corrected chi connectivity index (χ1v) is 4.91. The molecule has 4 heteroatoms. The Morgan fingerprint density at radius 1 is 1.40 bits per heavy atom. The van der Waals surface area contributed by atoms with Gasteiger partial charge in [-0.25, -0.2) is 5.48 Å². The normalized spacial score (nSPS) is 9.73. The van der Waals surface area contributed by atoms with Crippen molar-refractivity contribution in [3.8, 4) is 5.75 Å². The second kappa shape index (κ2) is 6.03. The Morgan fingerprint density at radius 3 is 2.60 bits per heavy atom. The third-order valence-electron chi connectivity index (χ3n) is 1.89. The molecule has 0 bridgehead atoms. The molecule has 0 aliphatic rings. The minimum atomic E-state index is -0.419. The first kappa shape index (κ1) is 11.5. The van der Waals surface area contributed by atoms with Gasteiger partial charge in [-0.15, -0.1) is 0 Å². The van der Waals surface area contributed by atoms with Crippen LogP contribution in [0.3, 0.4) is 0 Å². The van der Waals surface area contributed by atoms with Crippen molar-refractivity contribution < 1.29 is 14.7 Å². The maximum absolute atomic E-state index is 10.8. The first-order chi connectivity index (χ1) is 7.26. The van der Waals surface area contributed by atoms with E-state index in [-0.39, 0.29) is 6.42 Å².